The van der Waals surface area contributed by atoms with Crippen LogP contribution in [0.15, 0.2) is 24.4 Å². The van der Waals surface area contributed by atoms with E-state index in [2.05, 4.69) is 9.97 Å². The van der Waals surface area contributed by atoms with Crippen molar-refractivity contribution >= 4 is 5.97 Å². The van der Waals surface area contributed by atoms with Crippen molar-refractivity contribution in [2.45, 2.75) is 25.2 Å². The molecular formula is C14H13FN2O2. The fraction of sp³-hybridized carbons (Fsp3) is 0.286. The zero-order chi connectivity index (χ0) is 13.6. The summed E-state index contributed by atoms with van der Waals surface area (Å²) in [5.74, 6) is -0.617. The first kappa shape index (κ1) is 11.9. The Morgan fingerprint density at radius 3 is 2.79 bits per heavy atom. The summed E-state index contributed by atoms with van der Waals surface area (Å²) in [6.45, 7) is 1.69. The van der Waals surface area contributed by atoms with E-state index in [1.165, 1.54) is 6.07 Å². The molecule has 0 unspecified atom stereocenters. The molecule has 0 radical (unpaired) electrons. The van der Waals surface area contributed by atoms with Gasteiger partial charge in [-0.05, 0) is 43.5 Å². The molecule has 1 saturated carbocycles. The Labute approximate surface area is 109 Å². The number of benzene rings is 1. The van der Waals surface area contributed by atoms with Crippen LogP contribution in [-0.4, -0.2) is 21.0 Å². The fourth-order valence-corrected chi connectivity index (χ4v) is 2.20. The van der Waals surface area contributed by atoms with Crippen molar-refractivity contribution < 1.29 is 14.3 Å². The predicted octanol–water partition coefficient (Wildman–Crippen LogP) is 2.64. The van der Waals surface area contributed by atoms with E-state index in [9.17, 15) is 14.3 Å². The number of carboxylic acid groups (broad SMARTS) is 1. The van der Waals surface area contributed by atoms with Crippen LogP contribution in [0.5, 0.6) is 0 Å². The van der Waals surface area contributed by atoms with Crippen LogP contribution in [-0.2, 0) is 10.2 Å². The van der Waals surface area contributed by atoms with Crippen molar-refractivity contribution in [3.63, 3.8) is 0 Å². The molecule has 1 heterocycles. The maximum atomic E-state index is 13.2. The molecule has 98 valence electrons. The van der Waals surface area contributed by atoms with Crippen molar-refractivity contribution in [2.24, 2.45) is 0 Å². The Morgan fingerprint density at radius 2 is 2.21 bits per heavy atom. The van der Waals surface area contributed by atoms with Crippen LogP contribution in [0.2, 0.25) is 0 Å². The van der Waals surface area contributed by atoms with E-state index < -0.39 is 11.4 Å². The van der Waals surface area contributed by atoms with Gasteiger partial charge in [0.2, 0.25) is 0 Å². The standard InChI is InChI=1S/C14H13FN2O2/c1-8-6-9(2-3-10(8)15)11-7-16-12(17-11)14(4-5-14)13(18)19/h2-3,6-7H,4-5H2,1H3,(H,16,17)(H,18,19). The van der Waals surface area contributed by atoms with Crippen LogP contribution < -0.4 is 0 Å². The van der Waals surface area contributed by atoms with Crippen LogP contribution in [0.4, 0.5) is 4.39 Å². The third-order valence-electron chi connectivity index (χ3n) is 3.66. The molecule has 5 heteroatoms. The van der Waals surface area contributed by atoms with Crippen molar-refractivity contribution in [3.05, 3.63) is 41.6 Å². The number of hydrogen-bond donors (Lipinski definition) is 2. The number of hydrogen-bond acceptors (Lipinski definition) is 2. The molecule has 0 aliphatic heterocycles. The number of nitrogens with zero attached hydrogens (tertiary/aromatic N) is 1. The molecule has 2 aromatic rings. The van der Waals surface area contributed by atoms with Gasteiger partial charge in [0.15, 0.2) is 0 Å². The lowest BCUT2D eigenvalue weighted by atomic mass is 10.1. The molecule has 2 N–H and O–H groups in total. The Bertz CT molecular complexity index is 659. The average molecular weight is 260 g/mol. The van der Waals surface area contributed by atoms with Crippen molar-refractivity contribution in [2.75, 3.05) is 0 Å². The van der Waals surface area contributed by atoms with Crippen LogP contribution >= 0.6 is 0 Å². The molecule has 1 aliphatic carbocycles. The van der Waals surface area contributed by atoms with Crippen molar-refractivity contribution in [1.29, 1.82) is 0 Å². The lowest BCUT2D eigenvalue weighted by Crippen LogP contribution is -2.20. The highest BCUT2D eigenvalue weighted by molar-refractivity contribution is 5.84. The van der Waals surface area contributed by atoms with Crippen molar-refractivity contribution in [3.8, 4) is 11.3 Å². The molecule has 3 rings (SSSR count). The molecule has 4 nitrogen and oxygen atoms in total. The lowest BCUT2D eigenvalue weighted by molar-refractivity contribution is -0.140. The van der Waals surface area contributed by atoms with E-state index in [4.69, 9.17) is 0 Å². The van der Waals surface area contributed by atoms with Crippen LogP contribution in [0.3, 0.4) is 0 Å². The third-order valence-corrected chi connectivity index (χ3v) is 3.66. The van der Waals surface area contributed by atoms with Crippen LogP contribution in [0.1, 0.15) is 24.2 Å². The zero-order valence-corrected chi connectivity index (χ0v) is 10.4. The molecule has 1 aromatic carbocycles. The number of imidazole rings is 1. The van der Waals surface area contributed by atoms with E-state index in [0.29, 0.717) is 29.9 Å². The lowest BCUT2D eigenvalue weighted by Gasteiger charge is -2.05. The summed E-state index contributed by atoms with van der Waals surface area (Å²) in [5.41, 5.74) is 1.23. The number of nitrogens with one attached hydrogen (secondary N) is 1. The maximum absolute atomic E-state index is 13.2. The summed E-state index contributed by atoms with van der Waals surface area (Å²) in [6, 6.07) is 4.77. The molecule has 0 spiro atoms. The summed E-state index contributed by atoms with van der Waals surface area (Å²) in [7, 11) is 0. The molecule has 1 aliphatic rings. The second-order valence-corrected chi connectivity index (χ2v) is 5.00. The molecular weight excluding hydrogens is 247 g/mol. The molecule has 1 aromatic heterocycles. The zero-order valence-electron chi connectivity index (χ0n) is 10.4. The smallest absolute Gasteiger partial charge is 0.317 e. The second-order valence-electron chi connectivity index (χ2n) is 5.00. The number of H-pyrrole nitrogens is 1. The third kappa shape index (κ3) is 1.82. The van der Waals surface area contributed by atoms with Crippen molar-refractivity contribution in [1.82, 2.24) is 9.97 Å². The highest BCUT2D eigenvalue weighted by Crippen LogP contribution is 2.47. The van der Waals surface area contributed by atoms with Gasteiger partial charge in [0, 0.05) is 5.56 Å². The molecule has 1 fully saturated rings. The molecule has 19 heavy (non-hydrogen) atoms. The molecule has 0 bridgehead atoms. The monoisotopic (exact) mass is 260 g/mol. The first-order valence-electron chi connectivity index (χ1n) is 6.08. The van der Waals surface area contributed by atoms with Crippen LogP contribution in [0, 0.1) is 12.7 Å². The Hall–Kier alpha value is -2.17. The number of aryl methyl sites for hydroxylation is 1. The first-order valence-corrected chi connectivity index (χ1v) is 6.08. The van der Waals surface area contributed by atoms with E-state index in [1.54, 1.807) is 25.3 Å². The van der Waals surface area contributed by atoms with Gasteiger partial charge < -0.3 is 10.1 Å². The SMILES string of the molecule is Cc1cc(-c2cnc(C3(C(=O)O)CC3)[nH]2)ccc1F. The van der Waals surface area contributed by atoms with E-state index in [1.807, 2.05) is 0 Å². The van der Waals surface area contributed by atoms with E-state index >= 15 is 0 Å². The number of halogens is 1. The van der Waals surface area contributed by atoms with Gasteiger partial charge in [-0.2, -0.15) is 0 Å². The fourth-order valence-electron chi connectivity index (χ4n) is 2.20. The number of carboxylic acids is 1. The minimum atomic E-state index is -0.844. The summed E-state index contributed by atoms with van der Waals surface area (Å²) < 4.78 is 13.2. The summed E-state index contributed by atoms with van der Waals surface area (Å²) >= 11 is 0. The van der Waals surface area contributed by atoms with Gasteiger partial charge in [-0.25, -0.2) is 9.37 Å². The predicted molar refractivity (Wildman–Crippen MR) is 67.3 cm³/mol. The second kappa shape index (κ2) is 3.91. The van der Waals surface area contributed by atoms with E-state index in [0.717, 1.165) is 5.56 Å². The summed E-state index contributed by atoms with van der Waals surface area (Å²) in [4.78, 5) is 18.4. The molecule has 0 amide bonds. The quantitative estimate of drug-likeness (QED) is 0.891. The van der Waals surface area contributed by atoms with Gasteiger partial charge in [0.05, 0.1) is 11.9 Å². The minimum Gasteiger partial charge on any atom is -0.480 e. The minimum absolute atomic E-state index is 0.257. The van der Waals surface area contributed by atoms with Gasteiger partial charge >= 0.3 is 5.97 Å². The van der Waals surface area contributed by atoms with Gasteiger partial charge in [-0.15, -0.1) is 0 Å². The first-order chi connectivity index (χ1) is 9.03. The Balaban J connectivity index is 1.97. The van der Waals surface area contributed by atoms with E-state index in [-0.39, 0.29) is 5.82 Å². The highest BCUT2D eigenvalue weighted by atomic mass is 19.1. The van der Waals surface area contributed by atoms with Gasteiger partial charge in [-0.3, -0.25) is 4.79 Å². The number of aliphatic carboxylic acids is 1. The van der Waals surface area contributed by atoms with Gasteiger partial charge in [0.25, 0.3) is 0 Å². The summed E-state index contributed by atoms with van der Waals surface area (Å²) in [5, 5.41) is 9.21. The molecule has 0 saturated heterocycles. The highest BCUT2D eigenvalue weighted by Gasteiger charge is 2.54. The topological polar surface area (TPSA) is 66.0 Å². The largest absolute Gasteiger partial charge is 0.480 e. The Morgan fingerprint density at radius 1 is 1.47 bits per heavy atom. The van der Waals surface area contributed by atoms with Crippen LogP contribution in [0.25, 0.3) is 11.3 Å². The number of aromatic nitrogens is 2. The number of aromatic amines is 1. The summed E-state index contributed by atoms with van der Waals surface area (Å²) in [6.07, 6.45) is 2.82. The number of rotatable bonds is 3. The normalized spacial score (nSPS) is 16.3. The van der Waals surface area contributed by atoms with Gasteiger partial charge in [0.1, 0.15) is 17.1 Å². The average Bonchev–Trinajstić information content (AvgIpc) is 3.05. The molecule has 0 atom stereocenters. The van der Waals surface area contributed by atoms with Gasteiger partial charge in [-0.1, -0.05) is 0 Å². The Kier molecular flexibility index (Phi) is 2.45. The number of carbonyl (C=O) groups is 1. The maximum Gasteiger partial charge on any atom is 0.317 e.